The summed E-state index contributed by atoms with van der Waals surface area (Å²) in [5, 5.41) is 11.6. The zero-order valence-corrected chi connectivity index (χ0v) is 14.2. The highest BCUT2D eigenvalue weighted by Gasteiger charge is 2.33. The number of hydrogen-bond acceptors (Lipinski definition) is 6. The lowest BCUT2D eigenvalue weighted by molar-refractivity contribution is -0.386. The monoisotopic (exact) mass is 369 g/mol. The SMILES string of the molecule is COc1cc(C(=O)c2cc(Cl)ccc2F)c([N+](=O)[O-])c(OC)c1OC. The van der Waals surface area contributed by atoms with Gasteiger partial charge in [0.1, 0.15) is 11.4 Å². The second-order valence-electron chi connectivity index (χ2n) is 4.75. The predicted molar refractivity (Wildman–Crippen MR) is 87.6 cm³/mol. The van der Waals surface area contributed by atoms with Crippen molar-refractivity contribution in [1.82, 2.24) is 0 Å². The lowest BCUT2D eigenvalue weighted by Gasteiger charge is -2.14. The summed E-state index contributed by atoms with van der Waals surface area (Å²) in [6.45, 7) is 0. The van der Waals surface area contributed by atoms with Crippen LogP contribution in [0.1, 0.15) is 15.9 Å². The highest BCUT2D eigenvalue weighted by molar-refractivity contribution is 6.31. The standard InChI is InChI=1S/C16H13ClFNO6/c1-23-12-7-10(13(19(21)22)16(25-3)15(12)24-2)14(20)9-6-8(17)4-5-11(9)18/h4-7H,1-3H3. The van der Waals surface area contributed by atoms with Gasteiger partial charge < -0.3 is 14.2 Å². The van der Waals surface area contributed by atoms with Crippen molar-refractivity contribution in [3.8, 4) is 17.2 Å². The Balaban J connectivity index is 2.81. The molecule has 0 N–H and O–H groups in total. The Morgan fingerprint density at radius 3 is 2.24 bits per heavy atom. The zero-order chi connectivity index (χ0) is 18.7. The summed E-state index contributed by atoms with van der Waals surface area (Å²) >= 11 is 5.79. The maximum absolute atomic E-state index is 14.0. The van der Waals surface area contributed by atoms with Crippen LogP contribution >= 0.6 is 11.6 Å². The molecule has 0 saturated heterocycles. The minimum atomic E-state index is -0.939. The summed E-state index contributed by atoms with van der Waals surface area (Å²) in [5.41, 5.74) is -1.49. The number of ether oxygens (including phenoxy) is 3. The van der Waals surface area contributed by atoms with E-state index in [4.69, 9.17) is 25.8 Å². The number of hydrogen-bond donors (Lipinski definition) is 0. The third-order valence-corrected chi connectivity index (χ3v) is 3.64. The Bertz CT molecular complexity index is 855. The third kappa shape index (κ3) is 3.34. The van der Waals surface area contributed by atoms with Crippen molar-refractivity contribution < 1.29 is 28.3 Å². The Kier molecular flexibility index (Phi) is 5.43. The first kappa shape index (κ1) is 18.5. The van der Waals surface area contributed by atoms with Gasteiger partial charge in [0.25, 0.3) is 0 Å². The van der Waals surface area contributed by atoms with Crippen LogP contribution in [0.3, 0.4) is 0 Å². The van der Waals surface area contributed by atoms with Crippen LogP contribution in [-0.2, 0) is 0 Å². The topological polar surface area (TPSA) is 87.9 Å². The Morgan fingerprint density at radius 1 is 1.08 bits per heavy atom. The maximum Gasteiger partial charge on any atom is 0.326 e. The van der Waals surface area contributed by atoms with Gasteiger partial charge in [-0.3, -0.25) is 14.9 Å². The number of carbonyl (C=O) groups excluding carboxylic acids is 1. The number of nitrogens with zero attached hydrogens (tertiary/aromatic N) is 1. The average molecular weight is 370 g/mol. The Morgan fingerprint density at radius 2 is 1.72 bits per heavy atom. The molecule has 0 atom stereocenters. The number of nitro benzene ring substituents is 1. The van der Waals surface area contributed by atoms with Crippen LogP contribution in [0.15, 0.2) is 24.3 Å². The van der Waals surface area contributed by atoms with Crippen molar-refractivity contribution in [2.24, 2.45) is 0 Å². The fourth-order valence-electron chi connectivity index (χ4n) is 2.31. The van der Waals surface area contributed by atoms with Crippen LogP contribution < -0.4 is 14.2 Å². The molecule has 0 aliphatic carbocycles. The second-order valence-corrected chi connectivity index (χ2v) is 5.19. The summed E-state index contributed by atoms with van der Waals surface area (Å²) in [6, 6.07) is 4.45. The smallest absolute Gasteiger partial charge is 0.326 e. The van der Waals surface area contributed by atoms with Gasteiger partial charge in [0.2, 0.25) is 17.3 Å². The maximum atomic E-state index is 14.0. The molecule has 132 valence electrons. The molecule has 25 heavy (non-hydrogen) atoms. The number of methoxy groups -OCH3 is 3. The largest absolute Gasteiger partial charge is 0.493 e. The van der Waals surface area contributed by atoms with E-state index in [1.54, 1.807) is 0 Å². The molecule has 0 saturated carbocycles. The lowest BCUT2D eigenvalue weighted by Crippen LogP contribution is -2.10. The molecule has 0 bridgehead atoms. The zero-order valence-electron chi connectivity index (χ0n) is 13.5. The molecule has 0 spiro atoms. The molecule has 2 aromatic rings. The van der Waals surface area contributed by atoms with Gasteiger partial charge in [-0.05, 0) is 18.2 Å². The normalized spacial score (nSPS) is 10.3. The Labute approximate surface area is 147 Å². The molecule has 7 nitrogen and oxygen atoms in total. The van der Waals surface area contributed by atoms with Gasteiger partial charge >= 0.3 is 5.69 Å². The average Bonchev–Trinajstić information content (AvgIpc) is 2.60. The highest BCUT2D eigenvalue weighted by Crippen LogP contribution is 2.46. The summed E-state index contributed by atoms with van der Waals surface area (Å²) in [6.07, 6.45) is 0. The Hall–Kier alpha value is -2.87. The van der Waals surface area contributed by atoms with Crippen molar-refractivity contribution in [3.05, 3.63) is 56.3 Å². The molecule has 2 aromatic carbocycles. The molecule has 0 unspecified atom stereocenters. The molecule has 0 fully saturated rings. The predicted octanol–water partition coefficient (Wildman–Crippen LogP) is 3.64. The van der Waals surface area contributed by atoms with Gasteiger partial charge in [-0.25, -0.2) is 4.39 Å². The number of ketones is 1. The molecule has 0 aromatic heterocycles. The first-order valence-corrected chi connectivity index (χ1v) is 7.20. The molecule has 9 heteroatoms. The summed E-state index contributed by atoms with van der Waals surface area (Å²) in [4.78, 5) is 23.4. The molecule has 0 radical (unpaired) electrons. The molecular weight excluding hydrogens is 357 g/mol. The number of benzene rings is 2. The van der Waals surface area contributed by atoms with Crippen LogP contribution in [-0.4, -0.2) is 32.0 Å². The van der Waals surface area contributed by atoms with Crippen LogP contribution in [0.2, 0.25) is 5.02 Å². The van der Waals surface area contributed by atoms with Gasteiger partial charge in [0.05, 0.1) is 31.8 Å². The van der Waals surface area contributed by atoms with Gasteiger partial charge in [-0.2, -0.15) is 0 Å². The van der Waals surface area contributed by atoms with Crippen molar-refractivity contribution in [2.75, 3.05) is 21.3 Å². The molecule has 0 amide bonds. The lowest BCUT2D eigenvalue weighted by atomic mass is 9.99. The van der Waals surface area contributed by atoms with Crippen LogP contribution in [0.4, 0.5) is 10.1 Å². The molecule has 0 heterocycles. The van der Waals surface area contributed by atoms with Crippen molar-refractivity contribution in [1.29, 1.82) is 0 Å². The molecule has 0 aliphatic heterocycles. The minimum absolute atomic E-state index is 0.0238. The van der Waals surface area contributed by atoms with Crippen LogP contribution in [0.5, 0.6) is 17.2 Å². The van der Waals surface area contributed by atoms with E-state index < -0.39 is 33.3 Å². The number of carbonyl (C=O) groups is 1. The number of halogens is 2. The van der Waals surface area contributed by atoms with Crippen molar-refractivity contribution in [2.45, 2.75) is 0 Å². The quantitative estimate of drug-likeness (QED) is 0.439. The van der Waals surface area contributed by atoms with E-state index in [2.05, 4.69) is 0 Å². The fourth-order valence-corrected chi connectivity index (χ4v) is 2.48. The van der Waals surface area contributed by atoms with Crippen molar-refractivity contribution >= 4 is 23.1 Å². The summed E-state index contributed by atoms with van der Waals surface area (Å²) < 4.78 is 29.2. The van der Waals surface area contributed by atoms with E-state index in [1.165, 1.54) is 27.4 Å². The molecule has 0 aliphatic rings. The highest BCUT2D eigenvalue weighted by atomic mass is 35.5. The number of nitro groups is 1. The minimum Gasteiger partial charge on any atom is -0.493 e. The first-order chi connectivity index (χ1) is 11.8. The van der Waals surface area contributed by atoms with Crippen LogP contribution in [0.25, 0.3) is 0 Å². The van der Waals surface area contributed by atoms with Gasteiger partial charge in [0.15, 0.2) is 5.75 Å². The van der Waals surface area contributed by atoms with E-state index in [1.807, 2.05) is 0 Å². The second kappa shape index (κ2) is 7.35. The molecule has 2 rings (SSSR count). The van der Waals surface area contributed by atoms with E-state index in [9.17, 15) is 19.3 Å². The summed E-state index contributed by atoms with van der Waals surface area (Å²) in [5.74, 6) is -2.14. The van der Waals surface area contributed by atoms with E-state index in [0.29, 0.717) is 0 Å². The van der Waals surface area contributed by atoms with E-state index >= 15 is 0 Å². The van der Waals surface area contributed by atoms with E-state index in [-0.39, 0.29) is 22.3 Å². The van der Waals surface area contributed by atoms with Crippen LogP contribution in [0, 0.1) is 15.9 Å². The molecular formula is C16H13ClFNO6. The fraction of sp³-hybridized carbons (Fsp3) is 0.188. The summed E-state index contributed by atoms with van der Waals surface area (Å²) in [7, 11) is 3.73. The van der Waals surface area contributed by atoms with Gasteiger partial charge in [-0.15, -0.1) is 0 Å². The van der Waals surface area contributed by atoms with E-state index in [0.717, 1.165) is 18.2 Å². The van der Waals surface area contributed by atoms with Gasteiger partial charge in [0, 0.05) is 11.1 Å². The first-order valence-electron chi connectivity index (χ1n) is 6.82. The van der Waals surface area contributed by atoms with Gasteiger partial charge in [-0.1, -0.05) is 11.6 Å². The number of rotatable bonds is 6. The van der Waals surface area contributed by atoms with Crippen molar-refractivity contribution in [3.63, 3.8) is 0 Å². The third-order valence-electron chi connectivity index (χ3n) is 3.40.